The number of carbonyl (C=O) groups is 2. The third kappa shape index (κ3) is 6.42. The highest BCUT2D eigenvalue weighted by molar-refractivity contribution is 5.75. The zero-order chi connectivity index (χ0) is 14.1. The molecule has 1 rings (SSSR count). The first-order chi connectivity index (χ1) is 9.13. The van der Waals surface area contributed by atoms with Crippen molar-refractivity contribution < 1.29 is 14.7 Å². The lowest BCUT2D eigenvalue weighted by molar-refractivity contribution is -0.141. The van der Waals surface area contributed by atoms with Crippen LogP contribution in [-0.4, -0.2) is 54.7 Å². The van der Waals surface area contributed by atoms with Gasteiger partial charge >= 0.3 is 12.0 Å². The Labute approximate surface area is 114 Å². The fourth-order valence-corrected chi connectivity index (χ4v) is 2.20. The summed E-state index contributed by atoms with van der Waals surface area (Å²) in [5.74, 6) is -1.37. The number of hydrogen-bond donors (Lipinski definition) is 3. The zero-order valence-corrected chi connectivity index (χ0v) is 11.7. The first kappa shape index (κ1) is 15.8. The average molecular weight is 271 g/mol. The summed E-state index contributed by atoms with van der Waals surface area (Å²) < 4.78 is 0. The van der Waals surface area contributed by atoms with Crippen molar-refractivity contribution in [1.82, 2.24) is 15.5 Å². The number of amides is 2. The number of carboxylic acids is 1. The van der Waals surface area contributed by atoms with Crippen LogP contribution in [0, 0.1) is 5.92 Å². The van der Waals surface area contributed by atoms with Gasteiger partial charge in [-0.25, -0.2) is 4.79 Å². The number of urea groups is 1. The van der Waals surface area contributed by atoms with E-state index < -0.39 is 11.9 Å². The van der Waals surface area contributed by atoms with Crippen LogP contribution in [0.25, 0.3) is 0 Å². The predicted octanol–water partition coefficient (Wildman–Crippen LogP) is 0.882. The fraction of sp³-hybridized carbons (Fsp3) is 0.846. The highest BCUT2D eigenvalue weighted by Gasteiger charge is 2.15. The van der Waals surface area contributed by atoms with Gasteiger partial charge in [0.05, 0.1) is 5.92 Å². The topological polar surface area (TPSA) is 81.7 Å². The summed E-state index contributed by atoms with van der Waals surface area (Å²) in [7, 11) is 0. The molecule has 1 unspecified atom stereocenters. The SMILES string of the molecule is CCC(CNC(=O)NCCCN1CCCC1)C(=O)O. The number of nitrogens with zero attached hydrogens (tertiary/aromatic N) is 1. The van der Waals surface area contributed by atoms with E-state index in [9.17, 15) is 9.59 Å². The van der Waals surface area contributed by atoms with E-state index in [0.29, 0.717) is 13.0 Å². The number of aliphatic carboxylic acids is 1. The summed E-state index contributed by atoms with van der Waals surface area (Å²) in [6.45, 7) is 5.98. The third-order valence-corrected chi connectivity index (χ3v) is 3.49. The lowest BCUT2D eigenvalue weighted by Gasteiger charge is -2.15. The molecule has 1 saturated heterocycles. The van der Waals surface area contributed by atoms with Crippen LogP contribution in [0.5, 0.6) is 0 Å². The Morgan fingerprint density at radius 1 is 1.26 bits per heavy atom. The van der Waals surface area contributed by atoms with Crippen molar-refractivity contribution in [1.29, 1.82) is 0 Å². The van der Waals surface area contributed by atoms with Crippen LogP contribution in [-0.2, 0) is 4.79 Å². The van der Waals surface area contributed by atoms with E-state index in [1.807, 2.05) is 0 Å². The molecule has 1 atom stereocenters. The first-order valence-corrected chi connectivity index (χ1v) is 7.10. The Morgan fingerprint density at radius 2 is 1.95 bits per heavy atom. The third-order valence-electron chi connectivity index (χ3n) is 3.49. The summed E-state index contributed by atoms with van der Waals surface area (Å²) in [6, 6.07) is -0.277. The molecule has 0 spiro atoms. The van der Waals surface area contributed by atoms with E-state index >= 15 is 0 Å². The molecule has 0 aliphatic carbocycles. The number of nitrogens with one attached hydrogen (secondary N) is 2. The maximum atomic E-state index is 11.5. The number of rotatable bonds is 8. The van der Waals surface area contributed by atoms with Crippen LogP contribution in [0.1, 0.15) is 32.6 Å². The Morgan fingerprint density at radius 3 is 2.53 bits per heavy atom. The smallest absolute Gasteiger partial charge is 0.314 e. The van der Waals surface area contributed by atoms with Gasteiger partial charge in [-0.1, -0.05) is 6.92 Å². The standard InChI is InChI=1S/C13H25N3O3/c1-2-11(12(17)18)10-15-13(19)14-6-5-9-16-7-3-4-8-16/h11H,2-10H2,1H3,(H,17,18)(H2,14,15,19). The number of hydrogen-bond acceptors (Lipinski definition) is 3. The van der Waals surface area contributed by atoms with Crippen molar-refractivity contribution >= 4 is 12.0 Å². The van der Waals surface area contributed by atoms with Crippen LogP contribution < -0.4 is 10.6 Å². The maximum Gasteiger partial charge on any atom is 0.314 e. The minimum Gasteiger partial charge on any atom is -0.481 e. The molecule has 0 saturated carbocycles. The quantitative estimate of drug-likeness (QED) is 0.572. The van der Waals surface area contributed by atoms with Crippen molar-refractivity contribution in [3.63, 3.8) is 0 Å². The molecule has 3 N–H and O–H groups in total. The van der Waals surface area contributed by atoms with E-state index in [1.165, 1.54) is 25.9 Å². The molecule has 1 heterocycles. The minimum absolute atomic E-state index is 0.184. The molecule has 1 fully saturated rings. The molecule has 0 aromatic carbocycles. The van der Waals surface area contributed by atoms with Crippen molar-refractivity contribution in [2.24, 2.45) is 5.92 Å². The van der Waals surface area contributed by atoms with Crippen molar-refractivity contribution in [3.05, 3.63) is 0 Å². The lowest BCUT2D eigenvalue weighted by atomic mass is 10.1. The van der Waals surface area contributed by atoms with E-state index in [1.54, 1.807) is 6.92 Å². The van der Waals surface area contributed by atoms with Crippen LogP contribution in [0.15, 0.2) is 0 Å². The predicted molar refractivity (Wildman–Crippen MR) is 73.1 cm³/mol. The second kappa shape index (κ2) is 8.74. The van der Waals surface area contributed by atoms with Gasteiger partial charge in [0.15, 0.2) is 0 Å². The molecule has 1 aliphatic rings. The van der Waals surface area contributed by atoms with Crippen LogP contribution in [0.4, 0.5) is 4.79 Å². The zero-order valence-electron chi connectivity index (χ0n) is 11.7. The molecule has 0 aromatic heterocycles. The van der Waals surface area contributed by atoms with Crippen LogP contribution >= 0.6 is 0 Å². The van der Waals surface area contributed by atoms with E-state index in [2.05, 4.69) is 15.5 Å². The van der Waals surface area contributed by atoms with Gasteiger partial charge in [-0.3, -0.25) is 4.79 Å². The van der Waals surface area contributed by atoms with E-state index in [-0.39, 0.29) is 12.6 Å². The minimum atomic E-state index is -0.864. The van der Waals surface area contributed by atoms with Gasteiger partial charge in [-0.05, 0) is 45.3 Å². The van der Waals surface area contributed by atoms with E-state index in [4.69, 9.17) is 5.11 Å². The Bertz CT molecular complexity index is 291. The molecule has 6 heteroatoms. The van der Waals surface area contributed by atoms with Crippen molar-refractivity contribution in [3.8, 4) is 0 Å². The number of carbonyl (C=O) groups excluding carboxylic acids is 1. The van der Waals surface area contributed by atoms with Gasteiger partial charge in [0, 0.05) is 13.1 Å². The molecule has 110 valence electrons. The monoisotopic (exact) mass is 271 g/mol. The highest BCUT2D eigenvalue weighted by atomic mass is 16.4. The van der Waals surface area contributed by atoms with Gasteiger partial charge < -0.3 is 20.6 Å². The molecular weight excluding hydrogens is 246 g/mol. The molecular formula is C13H25N3O3. The van der Waals surface area contributed by atoms with Gasteiger partial charge in [-0.15, -0.1) is 0 Å². The lowest BCUT2D eigenvalue weighted by Crippen LogP contribution is -2.40. The largest absolute Gasteiger partial charge is 0.481 e. The Hall–Kier alpha value is -1.30. The molecule has 0 bridgehead atoms. The summed E-state index contributed by atoms with van der Waals surface area (Å²) in [5.41, 5.74) is 0. The number of carboxylic acid groups (broad SMARTS) is 1. The fourth-order valence-electron chi connectivity index (χ4n) is 2.20. The van der Waals surface area contributed by atoms with Crippen molar-refractivity contribution in [2.45, 2.75) is 32.6 Å². The Kier molecular flexibility index (Phi) is 7.25. The molecule has 0 aromatic rings. The van der Waals surface area contributed by atoms with Crippen LogP contribution in [0.2, 0.25) is 0 Å². The normalized spacial score (nSPS) is 17.1. The van der Waals surface area contributed by atoms with Gasteiger partial charge in [0.25, 0.3) is 0 Å². The summed E-state index contributed by atoms with van der Waals surface area (Å²) in [5, 5.41) is 14.2. The first-order valence-electron chi connectivity index (χ1n) is 7.10. The summed E-state index contributed by atoms with van der Waals surface area (Å²) in [4.78, 5) is 24.6. The van der Waals surface area contributed by atoms with Crippen LogP contribution in [0.3, 0.4) is 0 Å². The molecule has 2 amide bonds. The van der Waals surface area contributed by atoms with Gasteiger partial charge in [-0.2, -0.15) is 0 Å². The second-order valence-electron chi connectivity index (χ2n) is 4.98. The van der Waals surface area contributed by atoms with Gasteiger partial charge in [0.1, 0.15) is 0 Å². The van der Waals surface area contributed by atoms with Gasteiger partial charge in [0.2, 0.25) is 0 Å². The average Bonchev–Trinajstić information content (AvgIpc) is 2.88. The molecule has 19 heavy (non-hydrogen) atoms. The van der Waals surface area contributed by atoms with Crippen molar-refractivity contribution in [2.75, 3.05) is 32.7 Å². The molecule has 1 aliphatic heterocycles. The molecule has 6 nitrogen and oxygen atoms in total. The van der Waals surface area contributed by atoms with E-state index in [0.717, 1.165) is 13.0 Å². The highest BCUT2D eigenvalue weighted by Crippen LogP contribution is 2.06. The second-order valence-corrected chi connectivity index (χ2v) is 4.98. The summed E-state index contributed by atoms with van der Waals surface area (Å²) in [6.07, 6.45) is 4.01. The Balaban J connectivity index is 2.02. The maximum absolute atomic E-state index is 11.5. The molecule has 0 radical (unpaired) electrons. The summed E-state index contributed by atoms with van der Waals surface area (Å²) >= 11 is 0. The number of likely N-dealkylation sites (tertiary alicyclic amines) is 1.